The molecule has 45 heavy (non-hydrogen) atoms. The highest BCUT2D eigenvalue weighted by molar-refractivity contribution is 5.85. The van der Waals surface area contributed by atoms with Crippen molar-refractivity contribution < 1.29 is 0 Å². The smallest absolute Gasteiger partial charge is 0.166 e. The maximum atomic E-state index is 5.10. The van der Waals surface area contributed by atoms with Crippen molar-refractivity contribution >= 4 is 11.4 Å². The number of allylic oxidation sites excluding steroid dienone is 2. The lowest BCUT2D eigenvalue weighted by Gasteiger charge is -2.33. The van der Waals surface area contributed by atoms with Crippen LogP contribution in [0.4, 0.5) is 11.4 Å². The minimum absolute atomic E-state index is 0.0590. The van der Waals surface area contributed by atoms with Crippen LogP contribution in [0.25, 0.3) is 34.2 Å². The normalized spacial score (nSPS) is 17.6. The van der Waals surface area contributed by atoms with Crippen molar-refractivity contribution in [3.05, 3.63) is 138 Å². The van der Waals surface area contributed by atoms with E-state index < -0.39 is 0 Å². The summed E-state index contributed by atoms with van der Waals surface area (Å²) >= 11 is 0. The summed E-state index contributed by atoms with van der Waals surface area (Å²) in [4.78, 5) is 17.6. The van der Waals surface area contributed by atoms with Gasteiger partial charge in [0.25, 0.3) is 0 Å². The number of rotatable bonds is 4. The molecule has 5 aromatic rings. The first kappa shape index (κ1) is 28.9. The van der Waals surface area contributed by atoms with Crippen LogP contribution in [0, 0.1) is 5.41 Å². The predicted octanol–water partition coefficient (Wildman–Crippen LogP) is 10.3. The van der Waals surface area contributed by atoms with E-state index in [1.165, 1.54) is 22.4 Å². The number of anilines is 2. The molecule has 4 nitrogen and oxygen atoms in total. The van der Waals surface area contributed by atoms with Crippen molar-refractivity contribution in [1.29, 1.82) is 0 Å². The van der Waals surface area contributed by atoms with Gasteiger partial charge in [0, 0.05) is 28.3 Å². The minimum atomic E-state index is 0.0590. The second kappa shape index (κ2) is 11.0. The third kappa shape index (κ3) is 5.39. The number of hydrogen-bond donors (Lipinski definition) is 0. The van der Waals surface area contributed by atoms with E-state index in [-0.39, 0.29) is 22.8 Å². The van der Waals surface area contributed by atoms with Crippen LogP contribution in [0.15, 0.2) is 127 Å². The van der Waals surface area contributed by atoms with Crippen LogP contribution >= 0.6 is 0 Å². The molecule has 1 aromatic heterocycles. The second-order valence-corrected chi connectivity index (χ2v) is 14.2. The van der Waals surface area contributed by atoms with Gasteiger partial charge < -0.3 is 4.90 Å². The van der Waals surface area contributed by atoms with Gasteiger partial charge in [0.1, 0.15) is 0 Å². The topological polar surface area (TPSA) is 41.9 Å². The summed E-state index contributed by atoms with van der Waals surface area (Å²) in [5.74, 6) is 2.24. The van der Waals surface area contributed by atoms with Crippen LogP contribution in [0.5, 0.6) is 0 Å². The number of fused-ring (bicyclic) bond motifs is 3. The average Bonchev–Trinajstić information content (AvgIpc) is 3.37. The first-order valence-corrected chi connectivity index (χ1v) is 15.9. The molecule has 2 unspecified atom stereocenters. The number of benzene rings is 4. The Morgan fingerprint density at radius 3 is 1.76 bits per heavy atom. The third-order valence-electron chi connectivity index (χ3n) is 8.98. The van der Waals surface area contributed by atoms with Gasteiger partial charge in [-0.25, -0.2) is 15.0 Å². The number of para-hydroxylation sites is 1. The molecule has 0 amide bonds. The van der Waals surface area contributed by atoms with Gasteiger partial charge in [0.15, 0.2) is 17.5 Å². The molecule has 0 N–H and O–H groups in total. The van der Waals surface area contributed by atoms with Gasteiger partial charge in [-0.2, -0.15) is 0 Å². The highest BCUT2D eigenvalue weighted by Crippen LogP contribution is 2.52. The van der Waals surface area contributed by atoms with Crippen molar-refractivity contribution in [2.45, 2.75) is 58.9 Å². The van der Waals surface area contributed by atoms with E-state index in [2.05, 4.69) is 131 Å². The van der Waals surface area contributed by atoms with Gasteiger partial charge in [-0.1, -0.05) is 145 Å². The Labute approximate surface area is 267 Å². The maximum Gasteiger partial charge on any atom is 0.166 e. The van der Waals surface area contributed by atoms with E-state index in [1.54, 1.807) is 0 Å². The van der Waals surface area contributed by atoms with Gasteiger partial charge in [0.2, 0.25) is 0 Å². The standard InChI is InChI=1S/C41H40N4/c1-40(2,3)29-21-23-35-32(25-29)33-26-30(41(4,5)6)22-24-36(33)45(35)34-20-14-13-19-31(34)39-43-37(27-15-9-7-10-16-27)42-38(44-39)28-17-11-8-12-18-28/h7-26,32,35H,1-6H3. The molecule has 4 heteroatoms. The lowest BCUT2D eigenvalue weighted by atomic mass is 9.77. The molecule has 0 radical (unpaired) electrons. The summed E-state index contributed by atoms with van der Waals surface area (Å²) in [6.45, 7) is 13.8. The Hall–Kier alpha value is -4.83. The zero-order valence-electron chi connectivity index (χ0n) is 27.0. The molecule has 4 aromatic carbocycles. The van der Waals surface area contributed by atoms with Crippen molar-refractivity contribution in [1.82, 2.24) is 15.0 Å². The lowest BCUT2D eigenvalue weighted by molar-refractivity contribution is 0.507. The summed E-state index contributed by atoms with van der Waals surface area (Å²) in [6, 6.07) is 36.1. The summed E-state index contributed by atoms with van der Waals surface area (Å²) in [5, 5.41) is 0. The lowest BCUT2D eigenvalue weighted by Crippen LogP contribution is -2.30. The van der Waals surface area contributed by atoms with Crippen molar-refractivity contribution in [3.8, 4) is 34.2 Å². The predicted molar refractivity (Wildman–Crippen MR) is 187 cm³/mol. The molecule has 2 aliphatic rings. The molecule has 0 spiro atoms. The largest absolute Gasteiger partial charge is 0.333 e. The van der Waals surface area contributed by atoms with Gasteiger partial charge in [-0.05, 0) is 45.7 Å². The molecule has 224 valence electrons. The van der Waals surface area contributed by atoms with Crippen LogP contribution in [-0.2, 0) is 5.41 Å². The fraction of sp³-hybridized carbons (Fsp3) is 0.244. The van der Waals surface area contributed by atoms with Crippen molar-refractivity contribution in [2.24, 2.45) is 5.41 Å². The Morgan fingerprint density at radius 2 is 1.16 bits per heavy atom. The number of aromatic nitrogens is 3. The van der Waals surface area contributed by atoms with E-state index in [0.717, 1.165) is 22.4 Å². The molecule has 0 bridgehead atoms. The average molecular weight is 589 g/mol. The molecular formula is C41H40N4. The summed E-state index contributed by atoms with van der Waals surface area (Å²) < 4.78 is 0. The summed E-state index contributed by atoms with van der Waals surface area (Å²) in [5.41, 5.74) is 9.48. The van der Waals surface area contributed by atoms with Crippen molar-refractivity contribution in [3.63, 3.8) is 0 Å². The van der Waals surface area contributed by atoms with E-state index in [1.807, 2.05) is 36.4 Å². The highest BCUT2D eigenvalue weighted by atomic mass is 15.2. The molecule has 0 saturated heterocycles. The Bertz CT molecular complexity index is 1870. The van der Waals surface area contributed by atoms with E-state index in [4.69, 9.17) is 15.0 Å². The SMILES string of the molecule is CC(C)(C)C1=CC2c3cc(C(C)(C)C)ccc3N(c3ccccc3-c3nc(-c4ccccc4)nc(-c4ccccc4)n3)C2C=C1. The quantitative estimate of drug-likeness (QED) is 0.209. The Kier molecular flexibility index (Phi) is 7.04. The van der Waals surface area contributed by atoms with E-state index in [9.17, 15) is 0 Å². The fourth-order valence-electron chi connectivity index (χ4n) is 6.45. The summed E-state index contributed by atoms with van der Waals surface area (Å²) in [6.07, 6.45) is 7.23. The van der Waals surface area contributed by atoms with Crippen LogP contribution in [-0.4, -0.2) is 21.0 Å². The molecule has 2 heterocycles. The molecular weight excluding hydrogens is 548 g/mol. The minimum Gasteiger partial charge on any atom is -0.333 e. The Balaban J connectivity index is 1.42. The first-order valence-electron chi connectivity index (χ1n) is 15.9. The van der Waals surface area contributed by atoms with Gasteiger partial charge >= 0.3 is 0 Å². The van der Waals surface area contributed by atoms with Crippen LogP contribution in [0.2, 0.25) is 0 Å². The zero-order valence-corrected chi connectivity index (χ0v) is 27.0. The van der Waals surface area contributed by atoms with Gasteiger partial charge in [0.05, 0.1) is 11.7 Å². The zero-order chi connectivity index (χ0) is 31.3. The van der Waals surface area contributed by atoms with Gasteiger partial charge in [-0.15, -0.1) is 0 Å². The highest BCUT2D eigenvalue weighted by Gasteiger charge is 2.41. The molecule has 0 saturated carbocycles. The monoisotopic (exact) mass is 588 g/mol. The molecule has 7 rings (SSSR count). The molecule has 1 aliphatic heterocycles. The Morgan fingerprint density at radius 1 is 0.578 bits per heavy atom. The maximum absolute atomic E-state index is 5.10. The van der Waals surface area contributed by atoms with E-state index >= 15 is 0 Å². The van der Waals surface area contributed by atoms with Crippen LogP contribution in [0.1, 0.15) is 58.6 Å². The van der Waals surface area contributed by atoms with Crippen molar-refractivity contribution in [2.75, 3.05) is 4.90 Å². The molecule has 0 fully saturated rings. The molecule has 2 atom stereocenters. The number of nitrogens with zero attached hydrogens (tertiary/aromatic N) is 4. The summed E-state index contributed by atoms with van der Waals surface area (Å²) in [7, 11) is 0. The third-order valence-corrected chi connectivity index (χ3v) is 8.98. The fourth-order valence-corrected chi connectivity index (χ4v) is 6.45. The van der Waals surface area contributed by atoms with Gasteiger partial charge in [-0.3, -0.25) is 0 Å². The first-order chi connectivity index (χ1) is 21.6. The molecule has 1 aliphatic carbocycles. The van der Waals surface area contributed by atoms with E-state index in [0.29, 0.717) is 17.5 Å². The number of hydrogen-bond acceptors (Lipinski definition) is 4. The second-order valence-electron chi connectivity index (χ2n) is 14.2. The van der Waals surface area contributed by atoms with Crippen LogP contribution in [0.3, 0.4) is 0 Å². The van der Waals surface area contributed by atoms with Crippen LogP contribution < -0.4 is 4.90 Å².